The van der Waals surface area contributed by atoms with E-state index in [4.69, 9.17) is 0 Å². The van der Waals surface area contributed by atoms with Crippen molar-refractivity contribution in [3.05, 3.63) is 25.3 Å². The van der Waals surface area contributed by atoms with Crippen LogP contribution < -0.4 is 21.3 Å². The van der Waals surface area contributed by atoms with Crippen LogP contribution in [0.2, 0.25) is 0 Å². The van der Waals surface area contributed by atoms with Gasteiger partial charge in [-0.25, -0.2) is 4.79 Å². The van der Waals surface area contributed by atoms with Gasteiger partial charge in [0.15, 0.2) is 0 Å². The molecule has 224 valence electrons. The van der Waals surface area contributed by atoms with E-state index in [-0.39, 0.29) is 36.1 Å². The van der Waals surface area contributed by atoms with Gasteiger partial charge >= 0.3 is 6.03 Å². The maximum atomic E-state index is 14.0. The Balaban J connectivity index is 2.30. The number of Topliss-reactive ketones (excluding diaryl/α,β-unsaturated/α-hetero) is 1. The van der Waals surface area contributed by atoms with Crippen molar-refractivity contribution in [2.75, 3.05) is 13.1 Å². The van der Waals surface area contributed by atoms with Crippen LogP contribution in [0.15, 0.2) is 25.3 Å². The fourth-order valence-electron chi connectivity index (χ4n) is 5.48. The molecule has 2 aliphatic rings. The van der Waals surface area contributed by atoms with Crippen LogP contribution in [-0.2, 0) is 19.2 Å². The molecule has 2 rings (SSSR count). The predicted molar refractivity (Wildman–Crippen MR) is 155 cm³/mol. The minimum atomic E-state index is -1.05. The minimum Gasteiger partial charge on any atom is -0.349 e. The van der Waals surface area contributed by atoms with Crippen molar-refractivity contribution in [3.63, 3.8) is 0 Å². The summed E-state index contributed by atoms with van der Waals surface area (Å²) in [7, 11) is 0. The Bertz CT molecular complexity index is 1020. The van der Waals surface area contributed by atoms with Crippen LogP contribution >= 0.6 is 0 Å². The number of likely N-dealkylation sites (tertiary alicyclic amines) is 1. The van der Waals surface area contributed by atoms with Crippen molar-refractivity contribution in [1.82, 2.24) is 26.2 Å². The summed E-state index contributed by atoms with van der Waals surface area (Å²) >= 11 is 0. The second-order valence-electron chi connectivity index (χ2n) is 13.7. The highest BCUT2D eigenvalue weighted by Gasteiger charge is 2.69. The van der Waals surface area contributed by atoms with Gasteiger partial charge < -0.3 is 26.2 Å². The number of amides is 5. The monoisotopic (exact) mass is 559 g/mol. The lowest BCUT2D eigenvalue weighted by Gasteiger charge is -2.38. The van der Waals surface area contributed by atoms with Crippen LogP contribution in [0.25, 0.3) is 0 Å². The minimum absolute atomic E-state index is 0.1000. The molecule has 2 fully saturated rings. The lowest BCUT2D eigenvalue weighted by Crippen LogP contribution is -2.62. The highest BCUT2D eigenvalue weighted by Crippen LogP contribution is 2.65. The largest absolute Gasteiger partial charge is 0.349 e. The van der Waals surface area contributed by atoms with E-state index >= 15 is 0 Å². The summed E-state index contributed by atoms with van der Waals surface area (Å²) in [5, 5.41) is 11.0. The van der Waals surface area contributed by atoms with Crippen molar-refractivity contribution in [3.8, 4) is 0 Å². The Morgan fingerprint density at radius 1 is 0.975 bits per heavy atom. The lowest BCUT2D eigenvalue weighted by atomic mass is 9.85. The number of nitrogens with zero attached hydrogens (tertiary/aromatic N) is 1. The molecule has 0 bridgehead atoms. The number of carbonyl (C=O) groups is 5. The molecule has 1 heterocycles. The summed E-state index contributed by atoms with van der Waals surface area (Å²) in [6.07, 6.45) is 4.39. The number of fused-ring (bicyclic) bond motifs is 1. The number of urea groups is 1. The van der Waals surface area contributed by atoms with E-state index in [0.29, 0.717) is 19.4 Å². The molecule has 5 amide bonds. The van der Waals surface area contributed by atoms with Crippen molar-refractivity contribution in [2.24, 2.45) is 22.7 Å². The lowest BCUT2D eigenvalue weighted by molar-refractivity contribution is -0.145. The molecule has 1 saturated heterocycles. The fourth-order valence-corrected chi connectivity index (χ4v) is 5.48. The maximum Gasteiger partial charge on any atom is 0.315 e. The van der Waals surface area contributed by atoms with Crippen LogP contribution in [0.4, 0.5) is 4.79 Å². The summed E-state index contributed by atoms with van der Waals surface area (Å²) < 4.78 is 0. The quantitative estimate of drug-likeness (QED) is 0.166. The number of rotatable bonds is 12. The van der Waals surface area contributed by atoms with E-state index in [1.165, 1.54) is 0 Å². The molecule has 10 nitrogen and oxygen atoms in total. The van der Waals surface area contributed by atoms with E-state index in [1.807, 2.05) is 41.5 Å². The van der Waals surface area contributed by atoms with Crippen molar-refractivity contribution >= 4 is 29.5 Å². The standard InChI is InChI=1S/C30H49N5O5/c1-11-13-15-19(22(36)25(38)31-16-14-12-2)32-24(37)21-20-18(30(20,9)10)17-35(21)26(39)23(28(3,4)5)33-27(40)34-29(6,7)8/h11-12,18-21,23H,1-2,13-17H2,3-10H3,(H,31,38)(H,32,37)(H2,33,34,40)/t18-,19-,20-,21-,23+/m0/s1. The Morgan fingerprint density at radius 2 is 1.57 bits per heavy atom. The van der Waals surface area contributed by atoms with E-state index in [1.54, 1.807) is 17.1 Å². The van der Waals surface area contributed by atoms with E-state index in [2.05, 4.69) is 48.3 Å². The van der Waals surface area contributed by atoms with Crippen LogP contribution in [0.1, 0.15) is 74.7 Å². The third-order valence-electron chi connectivity index (χ3n) is 7.79. The molecule has 1 aliphatic heterocycles. The highest BCUT2D eigenvalue weighted by atomic mass is 16.2. The molecule has 0 aromatic carbocycles. The smallest absolute Gasteiger partial charge is 0.315 e. The number of piperidine rings is 1. The van der Waals surface area contributed by atoms with E-state index in [9.17, 15) is 24.0 Å². The molecule has 0 unspecified atom stereocenters. The van der Waals surface area contributed by atoms with Gasteiger partial charge in [0.05, 0.1) is 6.04 Å². The molecule has 10 heteroatoms. The average Bonchev–Trinajstić information content (AvgIpc) is 3.15. The average molecular weight is 560 g/mol. The summed E-state index contributed by atoms with van der Waals surface area (Å²) in [5.41, 5.74) is -1.29. The molecule has 1 saturated carbocycles. The summed E-state index contributed by atoms with van der Waals surface area (Å²) in [4.78, 5) is 67.5. The van der Waals surface area contributed by atoms with Gasteiger partial charge in [0.2, 0.25) is 17.6 Å². The molecule has 40 heavy (non-hydrogen) atoms. The second kappa shape index (κ2) is 12.6. The summed E-state index contributed by atoms with van der Waals surface area (Å²) in [5.74, 6) is -2.33. The van der Waals surface area contributed by atoms with Gasteiger partial charge in [-0.15, -0.1) is 13.2 Å². The Morgan fingerprint density at radius 3 is 2.10 bits per heavy atom. The first-order valence-electron chi connectivity index (χ1n) is 14.1. The summed E-state index contributed by atoms with van der Waals surface area (Å²) in [6, 6.07) is -3.24. The summed E-state index contributed by atoms with van der Waals surface area (Å²) in [6.45, 7) is 23.2. The molecule has 4 N–H and O–H groups in total. The van der Waals surface area contributed by atoms with Crippen LogP contribution in [-0.4, -0.2) is 71.2 Å². The molecule has 0 spiro atoms. The topological polar surface area (TPSA) is 137 Å². The first kappa shape index (κ1) is 33.0. The van der Waals surface area contributed by atoms with Gasteiger partial charge in [-0.2, -0.15) is 0 Å². The van der Waals surface area contributed by atoms with Crippen molar-refractivity contribution in [2.45, 2.75) is 98.3 Å². The molecule has 0 radical (unpaired) electrons. The number of allylic oxidation sites excluding steroid dienone is 1. The maximum absolute atomic E-state index is 14.0. The Labute approximate surface area is 239 Å². The SMILES string of the molecule is C=CCCNC(=O)C(=O)[C@H](CCC=C)NC(=O)[C@@H]1[C@@H]2[C@H](CN1C(=O)[C@@H](NC(=O)NC(C)(C)C)C(C)(C)C)C2(C)C. The Kier molecular flexibility index (Phi) is 10.4. The zero-order chi connectivity index (χ0) is 30.6. The van der Waals surface area contributed by atoms with Gasteiger partial charge in [0, 0.05) is 18.6 Å². The molecule has 0 aromatic rings. The van der Waals surface area contributed by atoms with Crippen LogP contribution in [0.5, 0.6) is 0 Å². The Hall–Kier alpha value is -3.17. The molecular weight excluding hydrogens is 510 g/mol. The zero-order valence-electron chi connectivity index (χ0n) is 25.5. The number of nitrogens with one attached hydrogen (secondary N) is 4. The van der Waals surface area contributed by atoms with Crippen LogP contribution in [0.3, 0.4) is 0 Å². The van der Waals surface area contributed by atoms with Gasteiger partial charge in [0.1, 0.15) is 12.1 Å². The normalized spacial score (nSPS) is 22.7. The molecule has 1 aliphatic carbocycles. The first-order chi connectivity index (χ1) is 18.4. The van der Waals surface area contributed by atoms with E-state index < -0.39 is 52.7 Å². The number of hydrogen-bond acceptors (Lipinski definition) is 5. The number of hydrogen-bond donors (Lipinski definition) is 4. The van der Waals surface area contributed by atoms with Gasteiger partial charge in [-0.1, -0.05) is 46.8 Å². The van der Waals surface area contributed by atoms with Gasteiger partial charge in [-0.3, -0.25) is 19.2 Å². The third-order valence-corrected chi connectivity index (χ3v) is 7.79. The third kappa shape index (κ3) is 7.95. The molecular formula is C30H49N5O5. The second-order valence-corrected chi connectivity index (χ2v) is 13.7. The fraction of sp³-hybridized carbons (Fsp3) is 0.700. The number of carbonyl (C=O) groups excluding carboxylic acids is 5. The van der Waals surface area contributed by atoms with E-state index in [0.717, 1.165) is 0 Å². The number of ketones is 1. The molecule has 5 atom stereocenters. The first-order valence-corrected chi connectivity index (χ1v) is 14.1. The van der Waals surface area contributed by atoms with Gasteiger partial charge in [0.25, 0.3) is 5.91 Å². The van der Waals surface area contributed by atoms with Crippen LogP contribution in [0, 0.1) is 22.7 Å². The van der Waals surface area contributed by atoms with Crippen molar-refractivity contribution in [1.29, 1.82) is 0 Å². The zero-order valence-corrected chi connectivity index (χ0v) is 25.5. The predicted octanol–water partition coefficient (Wildman–Crippen LogP) is 2.69. The highest BCUT2D eigenvalue weighted by molar-refractivity contribution is 6.38. The van der Waals surface area contributed by atoms with Gasteiger partial charge in [-0.05, 0) is 62.7 Å². The van der Waals surface area contributed by atoms with Crippen molar-refractivity contribution < 1.29 is 24.0 Å². The molecule has 0 aromatic heterocycles.